The highest BCUT2D eigenvalue weighted by Gasteiger charge is 2.31. The van der Waals surface area contributed by atoms with Gasteiger partial charge in [0.15, 0.2) is 6.04 Å². The van der Waals surface area contributed by atoms with Crippen LogP contribution in [-0.4, -0.2) is 46.9 Å². The average Bonchev–Trinajstić information content (AvgIpc) is 3.58. The minimum absolute atomic E-state index is 0.114. The lowest BCUT2D eigenvalue weighted by atomic mass is 10.1. The fourth-order valence-corrected chi connectivity index (χ4v) is 3.62. The van der Waals surface area contributed by atoms with E-state index in [1.54, 1.807) is 30.3 Å². The normalized spacial score (nSPS) is 14.2. The van der Waals surface area contributed by atoms with Crippen molar-refractivity contribution in [1.29, 1.82) is 0 Å². The van der Waals surface area contributed by atoms with E-state index < -0.39 is 12.0 Å². The van der Waals surface area contributed by atoms with E-state index in [9.17, 15) is 19.5 Å². The zero-order valence-corrected chi connectivity index (χ0v) is 17.9. The molecule has 0 aliphatic heterocycles. The quantitative estimate of drug-likeness (QED) is 0.546. The first-order valence-corrected chi connectivity index (χ1v) is 10.5. The number of nitrogens with one attached hydrogen (secondary N) is 2. The molecule has 2 aromatic carbocycles. The molecule has 1 aliphatic carbocycles. The Balaban J connectivity index is 1.55. The van der Waals surface area contributed by atoms with Gasteiger partial charge in [-0.1, -0.05) is 48.5 Å². The minimum atomic E-state index is -1.11. The van der Waals surface area contributed by atoms with Gasteiger partial charge in [-0.2, -0.15) is 0 Å². The van der Waals surface area contributed by atoms with Crippen LogP contribution in [0.2, 0.25) is 0 Å². The van der Waals surface area contributed by atoms with Gasteiger partial charge in [0.25, 0.3) is 0 Å². The van der Waals surface area contributed by atoms with Crippen LogP contribution in [0.1, 0.15) is 42.0 Å². The third-order valence-corrected chi connectivity index (χ3v) is 5.47. The number of carboxylic acids is 1. The van der Waals surface area contributed by atoms with Crippen LogP contribution in [0.4, 0.5) is 5.69 Å². The number of anilines is 1. The zero-order chi connectivity index (χ0) is 22.4. The molecule has 1 saturated carbocycles. The summed E-state index contributed by atoms with van der Waals surface area (Å²) in [4.78, 5) is 38.7. The average molecular weight is 424 g/mol. The fraction of sp³-hybridized carbons (Fsp3) is 0.375. The van der Waals surface area contributed by atoms with Crippen LogP contribution in [0.25, 0.3) is 0 Å². The van der Waals surface area contributed by atoms with Gasteiger partial charge in [-0.25, -0.2) is 4.79 Å². The van der Waals surface area contributed by atoms with Gasteiger partial charge in [-0.05, 0) is 43.4 Å². The molecule has 3 rings (SSSR count). The van der Waals surface area contributed by atoms with E-state index in [-0.39, 0.29) is 24.8 Å². The number of hydrogen-bond acceptors (Lipinski definition) is 4. The number of carboxylic acid groups (broad SMARTS) is 1. The predicted molar refractivity (Wildman–Crippen MR) is 119 cm³/mol. The maximum atomic E-state index is 12.6. The van der Waals surface area contributed by atoms with Crippen molar-refractivity contribution in [3.05, 3.63) is 65.2 Å². The van der Waals surface area contributed by atoms with Crippen molar-refractivity contribution in [1.82, 2.24) is 10.2 Å². The lowest BCUT2D eigenvalue weighted by Crippen LogP contribution is -2.39. The Morgan fingerprint density at radius 2 is 1.65 bits per heavy atom. The lowest BCUT2D eigenvalue weighted by molar-refractivity contribution is -0.142. The first-order valence-electron chi connectivity index (χ1n) is 10.5. The Bertz CT molecular complexity index is 921. The van der Waals surface area contributed by atoms with Gasteiger partial charge in [-0.3, -0.25) is 14.5 Å². The summed E-state index contributed by atoms with van der Waals surface area (Å²) in [5.41, 5.74) is 3.36. The van der Waals surface area contributed by atoms with Crippen molar-refractivity contribution >= 4 is 23.5 Å². The SMILES string of the molecule is Cc1cccc(C)c1NC(=O)CN(CCC(=O)NC(C(=O)O)c1ccccc1)C1CC1. The van der Waals surface area contributed by atoms with Crippen molar-refractivity contribution < 1.29 is 19.5 Å². The molecule has 7 heteroatoms. The van der Waals surface area contributed by atoms with E-state index >= 15 is 0 Å². The number of para-hydroxylation sites is 1. The van der Waals surface area contributed by atoms with Gasteiger partial charge >= 0.3 is 5.97 Å². The van der Waals surface area contributed by atoms with Crippen LogP contribution in [0, 0.1) is 13.8 Å². The molecule has 1 atom stereocenters. The Labute approximate surface area is 182 Å². The molecule has 0 saturated heterocycles. The van der Waals surface area contributed by atoms with E-state index in [2.05, 4.69) is 10.6 Å². The zero-order valence-electron chi connectivity index (χ0n) is 17.9. The van der Waals surface area contributed by atoms with Crippen molar-refractivity contribution in [2.45, 2.75) is 45.2 Å². The highest BCUT2D eigenvalue weighted by Crippen LogP contribution is 2.27. The van der Waals surface area contributed by atoms with Gasteiger partial charge in [-0.15, -0.1) is 0 Å². The Morgan fingerprint density at radius 3 is 2.23 bits per heavy atom. The largest absolute Gasteiger partial charge is 0.479 e. The van der Waals surface area contributed by atoms with Crippen LogP contribution < -0.4 is 10.6 Å². The van der Waals surface area contributed by atoms with Gasteiger partial charge in [0.2, 0.25) is 11.8 Å². The molecule has 31 heavy (non-hydrogen) atoms. The molecule has 7 nitrogen and oxygen atoms in total. The first kappa shape index (κ1) is 22.5. The number of benzene rings is 2. The molecule has 1 aliphatic rings. The maximum Gasteiger partial charge on any atom is 0.330 e. The van der Waals surface area contributed by atoms with Crippen molar-refractivity contribution in [3.8, 4) is 0 Å². The molecule has 0 radical (unpaired) electrons. The number of rotatable bonds is 10. The van der Waals surface area contributed by atoms with Crippen LogP contribution in [0.5, 0.6) is 0 Å². The second kappa shape index (κ2) is 10.2. The highest BCUT2D eigenvalue weighted by molar-refractivity contribution is 5.93. The van der Waals surface area contributed by atoms with E-state index in [4.69, 9.17) is 0 Å². The molecule has 0 spiro atoms. The third-order valence-electron chi connectivity index (χ3n) is 5.47. The first-order chi connectivity index (χ1) is 14.8. The van der Waals surface area contributed by atoms with Gasteiger partial charge in [0.05, 0.1) is 6.54 Å². The molecular formula is C24H29N3O4. The third kappa shape index (κ3) is 6.39. The monoisotopic (exact) mass is 423 g/mol. The summed E-state index contributed by atoms with van der Waals surface area (Å²) >= 11 is 0. The molecule has 3 N–H and O–H groups in total. The molecule has 2 amide bonds. The Morgan fingerprint density at radius 1 is 1.00 bits per heavy atom. The Hall–Kier alpha value is -3.19. The number of amides is 2. The van der Waals surface area contributed by atoms with Crippen LogP contribution in [0.3, 0.4) is 0 Å². The summed E-state index contributed by atoms with van der Waals surface area (Å²) in [7, 11) is 0. The molecular weight excluding hydrogens is 394 g/mol. The standard InChI is InChI=1S/C24H29N3O4/c1-16-7-6-8-17(2)22(16)26-21(29)15-27(19-11-12-19)14-13-20(28)25-23(24(30)31)18-9-4-3-5-10-18/h3-10,19,23H,11-15H2,1-2H3,(H,25,28)(H,26,29)(H,30,31). The van der Waals surface area contributed by atoms with Crippen LogP contribution >= 0.6 is 0 Å². The number of aryl methyl sites for hydroxylation is 2. The maximum absolute atomic E-state index is 12.6. The fourth-order valence-electron chi connectivity index (χ4n) is 3.62. The van der Waals surface area contributed by atoms with Crippen LogP contribution in [0.15, 0.2) is 48.5 Å². The lowest BCUT2D eigenvalue weighted by Gasteiger charge is -2.22. The van der Waals surface area contributed by atoms with Gasteiger partial charge in [0, 0.05) is 24.7 Å². The summed E-state index contributed by atoms with van der Waals surface area (Å²) < 4.78 is 0. The van der Waals surface area contributed by atoms with E-state index in [1.807, 2.05) is 36.9 Å². The molecule has 2 aromatic rings. The second-order valence-corrected chi connectivity index (χ2v) is 8.02. The predicted octanol–water partition coefficient (Wildman–Crippen LogP) is 3.04. The van der Waals surface area contributed by atoms with Crippen molar-refractivity contribution in [2.24, 2.45) is 0 Å². The highest BCUT2D eigenvalue weighted by atomic mass is 16.4. The second-order valence-electron chi connectivity index (χ2n) is 8.02. The molecule has 1 fully saturated rings. The van der Waals surface area contributed by atoms with Gasteiger partial charge in [0.1, 0.15) is 0 Å². The number of nitrogens with zero attached hydrogens (tertiary/aromatic N) is 1. The molecule has 0 aromatic heterocycles. The van der Waals surface area contributed by atoms with E-state index in [0.717, 1.165) is 29.7 Å². The number of carbonyl (C=O) groups excluding carboxylic acids is 2. The summed E-state index contributed by atoms with van der Waals surface area (Å²) in [5, 5.41) is 15.1. The molecule has 0 heterocycles. The smallest absolute Gasteiger partial charge is 0.330 e. The molecule has 0 bridgehead atoms. The van der Waals surface area contributed by atoms with Crippen molar-refractivity contribution in [3.63, 3.8) is 0 Å². The molecule has 1 unspecified atom stereocenters. The Kier molecular flexibility index (Phi) is 7.41. The van der Waals surface area contributed by atoms with Crippen LogP contribution in [-0.2, 0) is 14.4 Å². The number of carbonyl (C=O) groups is 3. The molecule has 164 valence electrons. The summed E-state index contributed by atoms with van der Waals surface area (Å²) in [5.74, 6) is -1.57. The number of hydrogen-bond donors (Lipinski definition) is 3. The minimum Gasteiger partial charge on any atom is -0.479 e. The van der Waals surface area contributed by atoms with E-state index in [1.165, 1.54) is 0 Å². The topological polar surface area (TPSA) is 98.7 Å². The summed E-state index contributed by atoms with van der Waals surface area (Å²) in [6.07, 6.45) is 2.13. The van der Waals surface area contributed by atoms with Crippen molar-refractivity contribution in [2.75, 3.05) is 18.4 Å². The summed E-state index contributed by atoms with van der Waals surface area (Å²) in [6.45, 7) is 4.51. The number of aliphatic carboxylic acids is 1. The summed E-state index contributed by atoms with van der Waals surface area (Å²) in [6, 6.07) is 13.7. The van der Waals surface area contributed by atoms with Gasteiger partial charge < -0.3 is 15.7 Å². The van der Waals surface area contributed by atoms with E-state index in [0.29, 0.717) is 18.2 Å².